The maximum Gasteiger partial charge on any atom is 0.335 e. The summed E-state index contributed by atoms with van der Waals surface area (Å²) >= 11 is 0. The third-order valence-electron chi connectivity index (χ3n) is 3.35. The Morgan fingerprint density at radius 3 is 2.65 bits per heavy atom. The number of amides is 1. The molecule has 0 aliphatic carbocycles. The lowest BCUT2D eigenvalue weighted by Crippen LogP contribution is -2.29. The van der Waals surface area contributed by atoms with Gasteiger partial charge in [-0.2, -0.15) is 0 Å². The molecule has 0 aliphatic rings. The molecule has 0 saturated carbocycles. The maximum atomic E-state index is 11.7. The van der Waals surface area contributed by atoms with Crippen molar-refractivity contribution >= 4 is 11.9 Å². The largest absolute Gasteiger partial charge is 0.478 e. The third-order valence-corrected chi connectivity index (χ3v) is 3.35. The minimum absolute atomic E-state index is 0.0323. The summed E-state index contributed by atoms with van der Waals surface area (Å²) in [4.78, 5) is 22.7. The summed E-state index contributed by atoms with van der Waals surface area (Å²) in [7, 11) is 0. The van der Waals surface area contributed by atoms with E-state index >= 15 is 0 Å². The van der Waals surface area contributed by atoms with Crippen LogP contribution in [0.15, 0.2) is 24.3 Å². The Bertz CT molecular complexity index is 456. The molecular formula is C15H22N2O3. The molecule has 110 valence electrons. The van der Waals surface area contributed by atoms with Crippen LogP contribution in [0.25, 0.3) is 0 Å². The Kier molecular flexibility index (Phi) is 6.73. The molecule has 0 aliphatic heterocycles. The van der Waals surface area contributed by atoms with Gasteiger partial charge in [0.25, 0.3) is 0 Å². The summed E-state index contributed by atoms with van der Waals surface area (Å²) in [5.41, 5.74) is 6.57. The molecule has 1 atom stereocenters. The fourth-order valence-electron chi connectivity index (χ4n) is 2.01. The van der Waals surface area contributed by atoms with Crippen molar-refractivity contribution in [3.63, 3.8) is 0 Å². The van der Waals surface area contributed by atoms with Gasteiger partial charge >= 0.3 is 5.97 Å². The molecule has 4 N–H and O–H groups in total. The van der Waals surface area contributed by atoms with E-state index in [0.29, 0.717) is 25.9 Å². The van der Waals surface area contributed by atoms with Crippen LogP contribution in [-0.4, -0.2) is 30.1 Å². The number of aromatic carboxylic acids is 1. The normalized spacial score (nSPS) is 11.9. The van der Waals surface area contributed by atoms with Gasteiger partial charge in [0.15, 0.2) is 0 Å². The molecule has 20 heavy (non-hydrogen) atoms. The molecule has 5 heteroatoms. The Labute approximate surface area is 119 Å². The number of carboxylic acid groups (broad SMARTS) is 1. The molecular weight excluding hydrogens is 256 g/mol. The van der Waals surface area contributed by atoms with Crippen molar-refractivity contribution in [2.24, 2.45) is 11.7 Å². The molecule has 1 aromatic rings. The summed E-state index contributed by atoms with van der Waals surface area (Å²) in [5.74, 6) is -0.766. The van der Waals surface area contributed by atoms with Crippen molar-refractivity contribution in [1.29, 1.82) is 0 Å². The minimum atomic E-state index is -0.943. The standard InChI is InChI=1S/C15H22N2O3/c1-2-11(10-16)9-14(18)17-8-7-12-5-3-4-6-13(12)15(19)20/h3-6,11H,2,7-10,16H2,1H3,(H,17,18)(H,19,20). The van der Waals surface area contributed by atoms with Crippen LogP contribution in [0.5, 0.6) is 0 Å². The number of rotatable bonds is 8. The van der Waals surface area contributed by atoms with Gasteiger partial charge in [-0.1, -0.05) is 31.5 Å². The second-order valence-electron chi connectivity index (χ2n) is 4.78. The van der Waals surface area contributed by atoms with E-state index in [-0.39, 0.29) is 17.4 Å². The zero-order valence-electron chi connectivity index (χ0n) is 11.8. The third kappa shape index (κ3) is 5.01. The summed E-state index contributed by atoms with van der Waals surface area (Å²) in [6.07, 6.45) is 1.81. The number of carbonyl (C=O) groups excluding carboxylic acids is 1. The van der Waals surface area contributed by atoms with Gasteiger partial charge in [0.05, 0.1) is 5.56 Å². The van der Waals surface area contributed by atoms with Gasteiger partial charge in [-0.25, -0.2) is 4.79 Å². The van der Waals surface area contributed by atoms with Crippen LogP contribution in [0.4, 0.5) is 0 Å². The Morgan fingerprint density at radius 2 is 2.05 bits per heavy atom. The van der Waals surface area contributed by atoms with Crippen molar-refractivity contribution in [3.05, 3.63) is 35.4 Å². The van der Waals surface area contributed by atoms with E-state index in [9.17, 15) is 9.59 Å². The minimum Gasteiger partial charge on any atom is -0.478 e. The highest BCUT2D eigenvalue weighted by atomic mass is 16.4. The van der Waals surface area contributed by atoms with E-state index in [4.69, 9.17) is 10.8 Å². The molecule has 1 aromatic carbocycles. The molecule has 0 heterocycles. The lowest BCUT2D eigenvalue weighted by atomic mass is 10.0. The first-order valence-electron chi connectivity index (χ1n) is 6.86. The number of carbonyl (C=O) groups is 2. The first-order valence-corrected chi connectivity index (χ1v) is 6.86. The molecule has 0 aromatic heterocycles. The lowest BCUT2D eigenvalue weighted by Gasteiger charge is -2.12. The smallest absolute Gasteiger partial charge is 0.335 e. The summed E-state index contributed by atoms with van der Waals surface area (Å²) in [5, 5.41) is 11.9. The molecule has 5 nitrogen and oxygen atoms in total. The number of nitrogens with one attached hydrogen (secondary N) is 1. The second-order valence-corrected chi connectivity index (χ2v) is 4.78. The fourth-order valence-corrected chi connectivity index (χ4v) is 2.01. The average molecular weight is 278 g/mol. The van der Waals surface area contributed by atoms with Gasteiger partial charge in [-0.15, -0.1) is 0 Å². The van der Waals surface area contributed by atoms with Gasteiger partial charge in [-0.3, -0.25) is 4.79 Å². The van der Waals surface area contributed by atoms with Gasteiger partial charge in [0.1, 0.15) is 0 Å². The summed E-state index contributed by atoms with van der Waals surface area (Å²) in [6.45, 7) is 2.95. The molecule has 0 saturated heterocycles. The average Bonchev–Trinajstić information content (AvgIpc) is 2.45. The second kappa shape index (κ2) is 8.32. The fraction of sp³-hybridized carbons (Fsp3) is 0.467. The van der Waals surface area contributed by atoms with Crippen LogP contribution in [0, 0.1) is 5.92 Å². The van der Waals surface area contributed by atoms with Crippen molar-refractivity contribution in [2.45, 2.75) is 26.2 Å². The Balaban J connectivity index is 2.45. The Hall–Kier alpha value is -1.88. The van der Waals surface area contributed by atoms with Gasteiger partial charge in [-0.05, 0) is 30.5 Å². The van der Waals surface area contributed by atoms with Crippen molar-refractivity contribution in [3.8, 4) is 0 Å². The van der Waals surface area contributed by atoms with Gasteiger partial charge in [0, 0.05) is 13.0 Å². The van der Waals surface area contributed by atoms with E-state index in [0.717, 1.165) is 12.0 Å². The number of hydrogen-bond acceptors (Lipinski definition) is 3. The SMILES string of the molecule is CCC(CN)CC(=O)NCCc1ccccc1C(=O)O. The molecule has 0 fully saturated rings. The topological polar surface area (TPSA) is 92.4 Å². The number of hydrogen-bond donors (Lipinski definition) is 3. The lowest BCUT2D eigenvalue weighted by molar-refractivity contribution is -0.121. The summed E-state index contributed by atoms with van der Waals surface area (Å²) in [6, 6.07) is 6.83. The number of nitrogens with two attached hydrogens (primary N) is 1. The quantitative estimate of drug-likeness (QED) is 0.670. The van der Waals surface area contributed by atoms with Gasteiger partial charge in [0.2, 0.25) is 5.91 Å². The maximum absolute atomic E-state index is 11.7. The Morgan fingerprint density at radius 1 is 1.35 bits per heavy atom. The van der Waals surface area contributed by atoms with Crippen molar-refractivity contribution in [2.75, 3.05) is 13.1 Å². The predicted octanol–water partition coefficient (Wildman–Crippen LogP) is 1.42. The van der Waals surface area contributed by atoms with E-state index in [1.165, 1.54) is 0 Å². The molecule has 1 rings (SSSR count). The highest BCUT2D eigenvalue weighted by Crippen LogP contribution is 2.09. The van der Waals surface area contributed by atoms with E-state index in [1.54, 1.807) is 24.3 Å². The molecule has 1 unspecified atom stereocenters. The van der Waals surface area contributed by atoms with Crippen LogP contribution in [0.2, 0.25) is 0 Å². The zero-order chi connectivity index (χ0) is 15.0. The van der Waals surface area contributed by atoms with Crippen LogP contribution in [0.3, 0.4) is 0 Å². The van der Waals surface area contributed by atoms with Gasteiger partial charge < -0.3 is 16.2 Å². The first kappa shape index (κ1) is 16.2. The first-order chi connectivity index (χ1) is 9.58. The highest BCUT2D eigenvalue weighted by Gasteiger charge is 2.11. The van der Waals surface area contributed by atoms with Crippen LogP contribution in [0.1, 0.15) is 35.7 Å². The molecule has 1 amide bonds. The van der Waals surface area contributed by atoms with E-state index in [1.807, 2.05) is 6.92 Å². The zero-order valence-corrected chi connectivity index (χ0v) is 11.8. The number of benzene rings is 1. The van der Waals surface area contributed by atoms with Crippen LogP contribution >= 0.6 is 0 Å². The molecule has 0 bridgehead atoms. The summed E-state index contributed by atoms with van der Waals surface area (Å²) < 4.78 is 0. The van der Waals surface area contributed by atoms with Crippen molar-refractivity contribution in [1.82, 2.24) is 5.32 Å². The molecule has 0 radical (unpaired) electrons. The van der Waals surface area contributed by atoms with E-state index < -0.39 is 5.97 Å². The number of carboxylic acids is 1. The predicted molar refractivity (Wildman–Crippen MR) is 77.6 cm³/mol. The molecule has 0 spiro atoms. The van der Waals surface area contributed by atoms with Crippen molar-refractivity contribution < 1.29 is 14.7 Å². The van der Waals surface area contributed by atoms with E-state index in [2.05, 4.69) is 5.32 Å². The van der Waals surface area contributed by atoms with Crippen LogP contribution < -0.4 is 11.1 Å². The highest BCUT2D eigenvalue weighted by molar-refractivity contribution is 5.89. The van der Waals surface area contributed by atoms with Crippen LogP contribution in [-0.2, 0) is 11.2 Å². The monoisotopic (exact) mass is 278 g/mol.